The predicted octanol–water partition coefficient (Wildman–Crippen LogP) is 1.06. The molecule has 0 spiro atoms. The molecular weight excluding hydrogens is 326 g/mol. The van der Waals surface area contributed by atoms with E-state index in [-0.39, 0.29) is 31.0 Å². The molecule has 25 heavy (non-hydrogen) atoms. The number of fused-ring (bicyclic) bond motifs is 3. The molecule has 1 aromatic carbocycles. The van der Waals surface area contributed by atoms with Crippen molar-refractivity contribution in [2.75, 3.05) is 13.9 Å². The molecule has 0 radical (unpaired) electrons. The molecule has 0 saturated carbocycles. The first-order chi connectivity index (χ1) is 12.0. The van der Waals surface area contributed by atoms with E-state index in [1.807, 2.05) is 0 Å². The van der Waals surface area contributed by atoms with Crippen molar-refractivity contribution in [2.24, 2.45) is 0 Å². The van der Waals surface area contributed by atoms with Gasteiger partial charge in [0.05, 0.1) is 12.5 Å². The SMILES string of the molecule is COC(=O)C12CCn3c1c(c1cc4c(cc1c3=O)OCO4)CC(=O)C2. The molecule has 2 aliphatic heterocycles. The molecule has 0 N–H and O–H groups in total. The molecule has 2 aromatic rings. The Morgan fingerprint density at radius 2 is 1.92 bits per heavy atom. The van der Waals surface area contributed by atoms with Crippen LogP contribution in [0.2, 0.25) is 0 Å². The molecule has 3 aliphatic rings. The van der Waals surface area contributed by atoms with Gasteiger partial charge in [0.2, 0.25) is 6.79 Å². The van der Waals surface area contributed by atoms with Crippen molar-refractivity contribution in [1.82, 2.24) is 4.57 Å². The van der Waals surface area contributed by atoms with Crippen molar-refractivity contribution >= 4 is 22.5 Å². The first kappa shape index (κ1) is 14.5. The Hall–Kier alpha value is -2.83. The highest BCUT2D eigenvalue weighted by Crippen LogP contribution is 2.47. The van der Waals surface area contributed by atoms with Crippen LogP contribution >= 0.6 is 0 Å². The van der Waals surface area contributed by atoms with Crippen LogP contribution in [0.25, 0.3) is 10.8 Å². The van der Waals surface area contributed by atoms with Gasteiger partial charge in [-0.1, -0.05) is 0 Å². The molecule has 1 unspecified atom stereocenters. The van der Waals surface area contributed by atoms with Crippen LogP contribution in [0.3, 0.4) is 0 Å². The summed E-state index contributed by atoms with van der Waals surface area (Å²) in [6.07, 6.45) is 0.684. The zero-order valence-corrected chi connectivity index (χ0v) is 13.6. The molecule has 7 heteroatoms. The number of rotatable bonds is 1. The maximum absolute atomic E-state index is 13.0. The van der Waals surface area contributed by atoms with Crippen LogP contribution in [-0.2, 0) is 32.7 Å². The molecule has 1 aromatic heterocycles. The standard InChI is InChI=1S/C18H15NO6/c1-23-17(22)18-2-3-19-15(18)11(4-9(20)7-18)10-5-13-14(25-8-24-13)6-12(10)16(19)21/h5-6H,2-4,7-8H2,1H3. The fraction of sp³-hybridized carbons (Fsp3) is 0.389. The summed E-state index contributed by atoms with van der Waals surface area (Å²) in [6, 6.07) is 3.41. The largest absolute Gasteiger partial charge is 0.468 e. The van der Waals surface area contributed by atoms with Gasteiger partial charge in [0.15, 0.2) is 11.5 Å². The van der Waals surface area contributed by atoms with Gasteiger partial charge in [0.25, 0.3) is 5.56 Å². The fourth-order valence-corrected chi connectivity index (χ4v) is 4.50. The Morgan fingerprint density at radius 3 is 2.64 bits per heavy atom. The molecule has 1 atom stereocenters. The predicted molar refractivity (Wildman–Crippen MR) is 86.0 cm³/mol. The lowest BCUT2D eigenvalue weighted by Gasteiger charge is -2.32. The van der Waals surface area contributed by atoms with Gasteiger partial charge in [0.1, 0.15) is 11.2 Å². The van der Waals surface area contributed by atoms with Gasteiger partial charge in [-0.15, -0.1) is 0 Å². The van der Waals surface area contributed by atoms with Crippen LogP contribution in [0.1, 0.15) is 24.1 Å². The van der Waals surface area contributed by atoms with Crippen LogP contribution < -0.4 is 15.0 Å². The highest BCUT2D eigenvalue weighted by atomic mass is 16.7. The van der Waals surface area contributed by atoms with Gasteiger partial charge >= 0.3 is 5.97 Å². The monoisotopic (exact) mass is 341 g/mol. The van der Waals surface area contributed by atoms with Crippen LogP contribution in [0.15, 0.2) is 16.9 Å². The summed E-state index contributed by atoms with van der Waals surface area (Å²) < 4.78 is 17.4. The Bertz CT molecular complexity index is 1040. The minimum Gasteiger partial charge on any atom is -0.468 e. The maximum Gasteiger partial charge on any atom is 0.318 e. The van der Waals surface area contributed by atoms with E-state index in [1.165, 1.54) is 7.11 Å². The topological polar surface area (TPSA) is 83.8 Å². The molecule has 128 valence electrons. The highest BCUT2D eigenvalue weighted by Gasteiger charge is 2.53. The number of hydrogen-bond acceptors (Lipinski definition) is 6. The molecule has 5 rings (SSSR count). The van der Waals surface area contributed by atoms with E-state index in [0.717, 1.165) is 5.56 Å². The molecule has 0 fully saturated rings. The number of nitrogens with zero attached hydrogens (tertiary/aromatic N) is 1. The second-order valence-electron chi connectivity index (χ2n) is 6.75. The summed E-state index contributed by atoms with van der Waals surface area (Å²) in [5.41, 5.74) is 0.137. The van der Waals surface area contributed by atoms with Crippen LogP contribution in [0.4, 0.5) is 0 Å². The lowest BCUT2D eigenvalue weighted by atomic mass is 9.71. The van der Waals surface area contributed by atoms with Crippen molar-refractivity contribution in [3.63, 3.8) is 0 Å². The Labute approximate surface area is 142 Å². The van der Waals surface area contributed by atoms with Crippen molar-refractivity contribution in [1.29, 1.82) is 0 Å². The van der Waals surface area contributed by atoms with Crippen molar-refractivity contribution in [3.05, 3.63) is 33.7 Å². The van der Waals surface area contributed by atoms with E-state index >= 15 is 0 Å². The van der Waals surface area contributed by atoms with E-state index in [0.29, 0.717) is 40.9 Å². The van der Waals surface area contributed by atoms with Crippen LogP contribution in [0.5, 0.6) is 11.5 Å². The summed E-state index contributed by atoms with van der Waals surface area (Å²) in [7, 11) is 1.32. The van der Waals surface area contributed by atoms with Crippen molar-refractivity contribution in [2.45, 2.75) is 31.2 Å². The Morgan fingerprint density at radius 1 is 1.20 bits per heavy atom. The first-order valence-corrected chi connectivity index (χ1v) is 8.15. The van der Waals surface area contributed by atoms with E-state index < -0.39 is 11.4 Å². The molecule has 3 heterocycles. The average Bonchev–Trinajstić information content (AvgIpc) is 3.22. The number of aromatic nitrogens is 1. The third kappa shape index (κ3) is 1.67. The van der Waals surface area contributed by atoms with Gasteiger partial charge in [-0.05, 0) is 29.5 Å². The average molecular weight is 341 g/mol. The van der Waals surface area contributed by atoms with E-state index in [2.05, 4.69) is 0 Å². The van der Waals surface area contributed by atoms with E-state index in [4.69, 9.17) is 14.2 Å². The minimum atomic E-state index is -1.05. The number of Topliss-reactive ketones (excluding diaryl/α,β-unsaturated/α-hetero) is 1. The van der Waals surface area contributed by atoms with Gasteiger partial charge in [0, 0.05) is 25.1 Å². The lowest BCUT2D eigenvalue weighted by Crippen LogP contribution is -2.43. The second kappa shape index (κ2) is 4.62. The number of carbonyl (C=O) groups excluding carboxylic acids is 2. The Kier molecular flexibility index (Phi) is 2.68. The molecule has 0 saturated heterocycles. The van der Waals surface area contributed by atoms with Crippen LogP contribution in [0, 0.1) is 0 Å². The number of ether oxygens (including phenoxy) is 3. The zero-order valence-electron chi connectivity index (χ0n) is 13.6. The van der Waals surface area contributed by atoms with Crippen LogP contribution in [-0.4, -0.2) is 30.2 Å². The fourth-order valence-electron chi connectivity index (χ4n) is 4.50. The number of hydrogen-bond donors (Lipinski definition) is 0. The van der Waals surface area contributed by atoms with Gasteiger partial charge in [-0.25, -0.2) is 0 Å². The number of esters is 1. The summed E-state index contributed by atoms with van der Waals surface area (Å²) in [5.74, 6) is 0.598. The van der Waals surface area contributed by atoms with Gasteiger partial charge in [-0.3, -0.25) is 14.4 Å². The Balaban J connectivity index is 1.92. The molecule has 0 bridgehead atoms. The molecular formula is C18H15NO6. The summed E-state index contributed by atoms with van der Waals surface area (Å²) >= 11 is 0. The highest BCUT2D eigenvalue weighted by molar-refractivity contribution is 6.01. The van der Waals surface area contributed by atoms with Gasteiger partial charge < -0.3 is 18.8 Å². The molecule has 7 nitrogen and oxygen atoms in total. The quantitative estimate of drug-likeness (QED) is 0.721. The van der Waals surface area contributed by atoms with E-state index in [9.17, 15) is 14.4 Å². The minimum absolute atomic E-state index is 0.0241. The van der Waals surface area contributed by atoms with Crippen molar-refractivity contribution in [3.8, 4) is 11.5 Å². The molecule has 0 amide bonds. The number of carbonyl (C=O) groups is 2. The maximum atomic E-state index is 13.0. The number of methoxy groups -OCH3 is 1. The van der Waals surface area contributed by atoms with Crippen molar-refractivity contribution < 1.29 is 23.8 Å². The summed E-state index contributed by atoms with van der Waals surface area (Å²) in [5, 5.41) is 1.14. The summed E-state index contributed by atoms with van der Waals surface area (Å²) in [6.45, 7) is 0.501. The number of pyridine rings is 1. The van der Waals surface area contributed by atoms with Gasteiger partial charge in [-0.2, -0.15) is 0 Å². The number of benzene rings is 1. The smallest absolute Gasteiger partial charge is 0.318 e. The van der Waals surface area contributed by atoms with E-state index in [1.54, 1.807) is 16.7 Å². The molecule has 1 aliphatic carbocycles. The number of ketones is 1. The first-order valence-electron chi connectivity index (χ1n) is 8.15. The summed E-state index contributed by atoms with van der Waals surface area (Å²) in [4.78, 5) is 38.0. The second-order valence-corrected chi connectivity index (χ2v) is 6.75. The third-order valence-electron chi connectivity index (χ3n) is 5.53. The lowest BCUT2D eigenvalue weighted by molar-refractivity contribution is -0.150. The normalized spacial score (nSPS) is 23.0. The third-order valence-corrected chi connectivity index (χ3v) is 5.53. The zero-order chi connectivity index (χ0) is 17.3.